The molecule has 0 aromatic carbocycles. The third-order valence-electron chi connectivity index (χ3n) is 3.35. The predicted octanol–water partition coefficient (Wildman–Crippen LogP) is 1.12. The zero-order valence-electron chi connectivity index (χ0n) is 11.5. The summed E-state index contributed by atoms with van der Waals surface area (Å²) < 4.78 is 4.88. The predicted molar refractivity (Wildman–Crippen MR) is 71.1 cm³/mol. The molecule has 2 rings (SSSR count). The second kappa shape index (κ2) is 6.65. The van der Waals surface area contributed by atoms with E-state index in [0.29, 0.717) is 37.8 Å². The summed E-state index contributed by atoms with van der Waals surface area (Å²) in [5.41, 5.74) is 1.69. The average Bonchev–Trinajstić information content (AvgIpc) is 2.94. The molecule has 2 unspecified atom stereocenters. The third kappa shape index (κ3) is 3.45. The Morgan fingerprint density at radius 1 is 1.60 bits per heavy atom. The number of aliphatic hydroxyl groups excluding tert-OH is 1. The number of nitrogens with zero attached hydrogens (tertiary/aromatic N) is 1. The molecular weight excluding hydrogens is 262 g/mol. The molecule has 0 saturated carbocycles. The first-order valence-corrected chi connectivity index (χ1v) is 6.90. The van der Waals surface area contributed by atoms with E-state index in [-0.39, 0.29) is 12.4 Å². The maximum absolute atomic E-state index is 11.6. The van der Waals surface area contributed by atoms with Gasteiger partial charge in [-0.05, 0) is 18.4 Å². The molecule has 0 radical (unpaired) electrons. The lowest BCUT2D eigenvalue weighted by Crippen LogP contribution is -2.35. The largest absolute Gasteiger partial charge is 0.464 e. The second-order valence-electron chi connectivity index (χ2n) is 4.97. The van der Waals surface area contributed by atoms with Crippen molar-refractivity contribution in [3.8, 4) is 0 Å². The molecule has 6 nitrogen and oxygen atoms in total. The summed E-state index contributed by atoms with van der Waals surface area (Å²) >= 11 is 0. The number of aliphatic hydroxyl groups is 1. The number of allylic oxidation sites excluding steroid dienone is 2. The number of rotatable bonds is 5. The number of carbonyl (C=O) groups excluding carboxylic acids is 2. The van der Waals surface area contributed by atoms with Crippen LogP contribution >= 0.6 is 0 Å². The molecule has 0 bridgehead atoms. The van der Waals surface area contributed by atoms with E-state index in [4.69, 9.17) is 9.57 Å². The highest BCUT2D eigenvalue weighted by Crippen LogP contribution is 2.24. The highest BCUT2D eigenvalue weighted by Gasteiger charge is 2.35. The van der Waals surface area contributed by atoms with E-state index in [1.54, 1.807) is 0 Å². The fourth-order valence-electron chi connectivity index (χ4n) is 2.17. The molecule has 6 heteroatoms. The Labute approximate surface area is 117 Å². The molecule has 2 aliphatic rings. The minimum absolute atomic E-state index is 0.216. The summed E-state index contributed by atoms with van der Waals surface area (Å²) in [5.74, 6) is -0.464. The molecule has 0 amide bonds. The highest BCUT2D eigenvalue weighted by molar-refractivity contribution is 6.03. The number of carbonyl (C=O) groups is 2. The Kier molecular flexibility index (Phi) is 4.89. The van der Waals surface area contributed by atoms with Gasteiger partial charge in [0, 0.05) is 19.3 Å². The molecular formula is C14H19NO5. The van der Waals surface area contributed by atoms with E-state index < -0.39 is 18.2 Å². The standard InChI is InChI=1S/C14H19NO5/c1-2-7-19-14(18)13(17)12-8-11(15-20-12)9-3-5-10(16)6-4-9/h3,12-13,17H,2,4-8H2,1H3. The molecule has 1 N–H and O–H groups in total. The lowest BCUT2D eigenvalue weighted by molar-refractivity contribution is -0.161. The van der Waals surface area contributed by atoms with Gasteiger partial charge >= 0.3 is 5.97 Å². The number of esters is 1. The van der Waals surface area contributed by atoms with Gasteiger partial charge in [0.25, 0.3) is 0 Å². The van der Waals surface area contributed by atoms with E-state index >= 15 is 0 Å². The van der Waals surface area contributed by atoms with Gasteiger partial charge in [0.2, 0.25) is 0 Å². The smallest absolute Gasteiger partial charge is 0.339 e. The van der Waals surface area contributed by atoms with Crippen LogP contribution in [-0.4, -0.2) is 41.4 Å². The van der Waals surface area contributed by atoms with Gasteiger partial charge in [-0.2, -0.15) is 0 Å². The molecule has 0 aromatic rings. The van der Waals surface area contributed by atoms with Crippen molar-refractivity contribution in [1.29, 1.82) is 0 Å². The molecule has 0 fully saturated rings. The van der Waals surface area contributed by atoms with Crippen molar-refractivity contribution >= 4 is 17.5 Å². The first-order chi connectivity index (χ1) is 9.61. The topological polar surface area (TPSA) is 85.2 Å². The lowest BCUT2D eigenvalue weighted by Gasteiger charge is -2.15. The van der Waals surface area contributed by atoms with Gasteiger partial charge in [0.1, 0.15) is 5.78 Å². The van der Waals surface area contributed by atoms with Crippen LogP contribution in [0.4, 0.5) is 0 Å². The van der Waals surface area contributed by atoms with Gasteiger partial charge in [0.05, 0.1) is 12.3 Å². The van der Waals surface area contributed by atoms with Crippen molar-refractivity contribution in [2.75, 3.05) is 6.61 Å². The van der Waals surface area contributed by atoms with Gasteiger partial charge in [-0.25, -0.2) is 4.79 Å². The molecule has 1 aliphatic carbocycles. The van der Waals surface area contributed by atoms with Crippen LogP contribution in [-0.2, 0) is 19.2 Å². The lowest BCUT2D eigenvalue weighted by atomic mass is 9.92. The fourth-order valence-corrected chi connectivity index (χ4v) is 2.17. The normalized spacial score (nSPS) is 23.7. The quantitative estimate of drug-likeness (QED) is 0.763. The Morgan fingerprint density at radius 2 is 2.40 bits per heavy atom. The van der Waals surface area contributed by atoms with Crippen molar-refractivity contribution in [3.63, 3.8) is 0 Å². The van der Waals surface area contributed by atoms with Crippen molar-refractivity contribution in [1.82, 2.24) is 0 Å². The number of hydrogen-bond donors (Lipinski definition) is 1. The van der Waals surface area contributed by atoms with Crippen LogP contribution in [0.3, 0.4) is 0 Å². The van der Waals surface area contributed by atoms with Crippen molar-refractivity contribution in [3.05, 3.63) is 11.6 Å². The maximum Gasteiger partial charge on any atom is 0.339 e. The van der Waals surface area contributed by atoms with Gasteiger partial charge in [0.15, 0.2) is 12.2 Å². The highest BCUT2D eigenvalue weighted by atomic mass is 16.7. The number of ether oxygens (including phenoxy) is 1. The molecule has 1 heterocycles. The van der Waals surface area contributed by atoms with E-state index in [1.165, 1.54) is 0 Å². The Bertz CT molecular complexity index is 454. The monoisotopic (exact) mass is 281 g/mol. The Hall–Kier alpha value is -1.69. The molecule has 2 atom stereocenters. The van der Waals surface area contributed by atoms with E-state index in [9.17, 15) is 14.7 Å². The Balaban J connectivity index is 1.88. The van der Waals surface area contributed by atoms with Gasteiger partial charge in [-0.3, -0.25) is 4.79 Å². The molecule has 1 aliphatic heterocycles. The number of ketones is 1. The minimum Gasteiger partial charge on any atom is -0.464 e. The summed E-state index contributed by atoms with van der Waals surface area (Å²) in [7, 11) is 0. The summed E-state index contributed by atoms with van der Waals surface area (Å²) in [6, 6.07) is 0. The van der Waals surface area contributed by atoms with Crippen LogP contribution in [0.25, 0.3) is 0 Å². The van der Waals surface area contributed by atoms with Gasteiger partial charge in [-0.15, -0.1) is 0 Å². The number of Topliss-reactive ketones (excluding diaryl/α,β-unsaturated/α-hetero) is 1. The number of oxime groups is 1. The maximum atomic E-state index is 11.6. The van der Waals surface area contributed by atoms with E-state index in [1.807, 2.05) is 13.0 Å². The van der Waals surface area contributed by atoms with E-state index in [0.717, 1.165) is 5.57 Å². The third-order valence-corrected chi connectivity index (χ3v) is 3.35. The minimum atomic E-state index is -1.33. The molecule has 0 aromatic heterocycles. The molecule has 0 saturated heterocycles. The summed E-state index contributed by atoms with van der Waals surface area (Å²) in [6.45, 7) is 2.16. The van der Waals surface area contributed by atoms with Crippen LogP contribution in [0.1, 0.15) is 39.0 Å². The van der Waals surface area contributed by atoms with Crippen LogP contribution < -0.4 is 0 Å². The fraction of sp³-hybridized carbons (Fsp3) is 0.643. The van der Waals surface area contributed by atoms with Crippen LogP contribution in [0, 0.1) is 0 Å². The number of hydrogen-bond acceptors (Lipinski definition) is 6. The van der Waals surface area contributed by atoms with Crippen LogP contribution in [0.2, 0.25) is 0 Å². The molecule has 0 spiro atoms. The molecule has 110 valence electrons. The summed E-state index contributed by atoms with van der Waals surface area (Å²) in [5, 5.41) is 13.8. The van der Waals surface area contributed by atoms with E-state index in [2.05, 4.69) is 5.16 Å². The first kappa shape index (κ1) is 14.7. The van der Waals surface area contributed by atoms with Gasteiger partial charge < -0.3 is 14.7 Å². The first-order valence-electron chi connectivity index (χ1n) is 6.90. The van der Waals surface area contributed by atoms with Crippen LogP contribution in [0.5, 0.6) is 0 Å². The Morgan fingerprint density at radius 3 is 3.05 bits per heavy atom. The SMILES string of the molecule is CCCOC(=O)C(O)C1CC(C2=CCC(=O)CC2)=NO1. The zero-order chi connectivity index (χ0) is 14.5. The van der Waals surface area contributed by atoms with Crippen molar-refractivity contribution < 1.29 is 24.3 Å². The van der Waals surface area contributed by atoms with Gasteiger partial charge in [-0.1, -0.05) is 18.2 Å². The average molecular weight is 281 g/mol. The van der Waals surface area contributed by atoms with Crippen molar-refractivity contribution in [2.45, 2.75) is 51.2 Å². The van der Waals surface area contributed by atoms with Crippen LogP contribution in [0.15, 0.2) is 16.8 Å². The van der Waals surface area contributed by atoms with Crippen molar-refractivity contribution in [2.24, 2.45) is 5.16 Å². The summed E-state index contributed by atoms with van der Waals surface area (Å²) in [6.07, 6.45) is 2.45. The molecule has 20 heavy (non-hydrogen) atoms. The summed E-state index contributed by atoms with van der Waals surface area (Å²) in [4.78, 5) is 27.8. The zero-order valence-corrected chi connectivity index (χ0v) is 11.5. The second-order valence-corrected chi connectivity index (χ2v) is 4.97.